The lowest BCUT2D eigenvalue weighted by molar-refractivity contribution is 0.232. The van der Waals surface area contributed by atoms with Gasteiger partial charge in [0.2, 0.25) is 0 Å². The number of aliphatic hydroxyl groups excluding tert-OH is 1. The standard InChI is InChI=1S/C13H28N2O3S/c1-12(2)15(10-7-11-16)19(17,18)14(3)13-8-5-4-6-9-13/h12-13,16H,4-11H2,1-3H3. The summed E-state index contributed by atoms with van der Waals surface area (Å²) >= 11 is 0. The van der Waals surface area contributed by atoms with E-state index in [0.717, 1.165) is 25.7 Å². The van der Waals surface area contributed by atoms with E-state index in [4.69, 9.17) is 5.11 Å². The Bertz CT molecular complexity index is 351. The van der Waals surface area contributed by atoms with Crippen LogP contribution in [0.5, 0.6) is 0 Å². The van der Waals surface area contributed by atoms with Gasteiger partial charge in [-0.15, -0.1) is 0 Å². The fourth-order valence-corrected chi connectivity index (χ4v) is 4.48. The van der Waals surface area contributed by atoms with Gasteiger partial charge in [-0.25, -0.2) is 0 Å². The third-order valence-electron chi connectivity index (χ3n) is 3.86. The summed E-state index contributed by atoms with van der Waals surface area (Å²) in [5.74, 6) is 0. The highest BCUT2D eigenvalue weighted by molar-refractivity contribution is 7.86. The van der Waals surface area contributed by atoms with Gasteiger partial charge in [0.05, 0.1) is 0 Å². The molecule has 0 aromatic heterocycles. The number of hydrogen-bond acceptors (Lipinski definition) is 3. The first-order valence-corrected chi connectivity index (χ1v) is 8.66. The van der Waals surface area contributed by atoms with Gasteiger partial charge in [0.15, 0.2) is 0 Å². The Morgan fingerprint density at radius 3 is 2.26 bits per heavy atom. The van der Waals surface area contributed by atoms with Crippen molar-refractivity contribution in [2.45, 2.75) is 64.5 Å². The van der Waals surface area contributed by atoms with Gasteiger partial charge in [-0.1, -0.05) is 19.3 Å². The Morgan fingerprint density at radius 2 is 1.79 bits per heavy atom. The maximum Gasteiger partial charge on any atom is 0.282 e. The number of nitrogens with zero attached hydrogens (tertiary/aromatic N) is 2. The van der Waals surface area contributed by atoms with Crippen LogP contribution in [-0.2, 0) is 10.2 Å². The van der Waals surface area contributed by atoms with Crippen molar-refractivity contribution in [2.24, 2.45) is 0 Å². The summed E-state index contributed by atoms with van der Waals surface area (Å²) in [5, 5.41) is 8.91. The molecule has 0 heterocycles. The van der Waals surface area contributed by atoms with Crippen LogP contribution in [-0.4, -0.2) is 54.4 Å². The van der Waals surface area contributed by atoms with Crippen molar-refractivity contribution in [1.82, 2.24) is 8.61 Å². The Morgan fingerprint density at radius 1 is 1.21 bits per heavy atom. The van der Waals surface area contributed by atoms with Gasteiger partial charge in [0, 0.05) is 32.3 Å². The molecule has 1 saturated carbocycles. The molecule has 0 atom stereocenters. The van der Waals surface area contributed by atoms with Crippen LogP contribution in [0, 0.1) is 0 Å². The van der Waals surface area contributed by atoms with E-state index < -0.39 is 10.2 Å². The minimum atomic E-state index is -3.42. The van der Waals surface area contributed by atoms with Gasteiger partial charge in [-0.2, -0.15) is 17.0 Å². The zero-order valence-corrected chi connectivity index (χ0v) is 13.2. The third kappa shape index (κ3) is 4.41. The lowest BCUT2D eigenvalue weighted by Crippen LogP contribution is -2.49. The highest BCUT2D eigenvalue weighted by Gasteiger charge is 2.33. The highest BCUT2D eigenvalue weighted by atomic mass is 32.2. The quantitative estimate of drug-likeness (QED) is 0.775. The Labute approximate surface area is 117 Å². The number of rotatable bonds is 7. The van der Waals surface area contributed by atoms with Crippen LogP contribution in [0.2, 0.25) is 0 Å². The van der Waals surface area contributed by atoms with E-state index in [1.54, 1.807) is 11.4 Å². The molecule has 0 aliphatic heterocycles. The molecule has 0 aromatic carbocycles. The third-order valence-corrected chi connectivity index (χ3v) is 6.08. The lowest BCUT2D eigenvalue weighted by atomic mass is 9.96. The monoisotopic (exact) mass is 292 g/mol. The first kappa shape index (κ1) is 16.9. The molecule has 19 heavy (non-hydrogen) atoms. The fourth-order valence-electron chi connectivity index (χ4n) is 2.66. The topological polar surface area (TPSA) is 60.9 Å². The summed E-state index contributed by atoms with van der Waals surface area (Å²) in [7, 11) is -1.72. The van der Waals surface area contributed by atoms with Crippen LogP contribution in [0.4, 0.5) is 0 Å². The molecule has 1 aliphatic rings. The van der Waals surface area contributed by atoms with E-state index in [2.05, 4.69) is 0 Å². The van der Waals surface area contributed by atoms with Crippen LogP contribution >= 0.6 is 0 Å². The normalized spacial score (nSPS) is 18.7. The molecule has 1 rings (SSSR count). The molecule has 6 heteroatoms. The summed E-state index contributed by atoms with van der Waals surface area (Å²) in [5.41, 5.74) is 0. The molecule has 1 N–H and O–H groups in total. The highest BCUT2D eigenvalue weighted by Crippen LogP contribution is 2.25. The molecule has 1 aliphatic carbocycles. The van der Waals surface area contributed by atoms with Crippen LogP contribution in [0.3, 0.4) is 0 Å². The summed E-state index contributed by atoms with van der Waals surface area (Å²) in [6, 6.07) is 0.0525. The van der Waals surface area contributed by atoms with Gasteiger partial charge < -0.3 is 5.11 Å². The first-order valence-electron chi connectivity index (χ1n) is 7.27. The largest absolute Gasteiger partial charge is 0.396 e. The fraction of sp³-hybridized carbons (Fsp3) is 1.00. The minimum Gasteiger partial charge on any atom is -0.396 e. The summed E-state index contributed by atoms with van der Waals surface area (Å²) in [4.78, 5) is 0. The van der Waals surface area contributed by atoms with Crippen LogP contribution in [0.15, 0.2) is 0 Å². The predicted octanol–water partition coefficient (Wildman–Crippen LogP) is 1.59. The molecule has 0 radical (unpaired) electrons. The molecule has 5 nitrogen and oxygen atoms in total. The van der Waals surface area contributed by atoms with Crippen molar-refractivity contribution >= 4 is 10.2 Å². The van der Waals surface area contributed by atoms with Crippen molar-refractivity contribution in [3.05, 3.63) is 0 Å². The van der Waals surface area contributed by atoms with Gasteiger partial charge in [-0.05, 0) is 33.1 Å². The SMILES string of the molecule is CC(C)N(CCCO)S(=O)(=O)N(C)C1CCCCC1. The molecular weight excluding hydrogens is 264 g/mol. The van der Waals surface area contributed by atoms with Gasteiger partial charge in [-0.3, -0.25) is 0 Å². The molecule has 0 spiro atoms. The average molecular weight is 292 g/mol. The predicted molar refractivity (Wildman–Crippen MR) is 77.1 cm³/mol. The molecule has 0 saturated heterocycles. The summed E-state index contributed by atoms with van der Waals surface area (Å²) < 4.78 is 28.3. The van der Waals surface area contributed by atoms with Crippen molar-refractivity contribution < 1.29 is 13.5 Å². The molecule has 0 bridgehead atoms. The maximum atomic E-state index is 12.6. The molecule has 0 amide bonds. The number of hydrogen-bond donors (Lipinski definition) is 1. The van der Waals surface area contributed by atoms with Crippen LogP contribution < -0.4 is 0 Å². The molecular formula is C13H28N2O3S. The van der Waals surface area contributed by atoms with E-state index in [-0.39, 0.29) is 18.7 Å². The smallest absolute Gasteiger partial charge is 0.282 e. The molecule has 1 fully saturated rings. The van der Waals surface area contributed by atoms with Gasteiger partial charge in [0.1, 0.15) is 0 Å². The van der Waals surface area contributed by atoms with Crippen LogP contribution in [0.1, 0.15) is 52.4 Å². The van der Waals surface area contributed by atoms with Crippen LogP contribution in [0.25, 0.3) is 0 Å². The van der Waals surface area contributed by atoms with E-state index in [1.165, 1.54) is 10.7 Å². The Hall–Kier alpha value is -0.170. The average Bonchev–Trinajstić information content (AvgIpc) is 2.38. The second-order valence-corrected chi connectivity index (χ2v) is 7.54. The van der Waals surface area contributed by atoms with Crippen molar-refractivity contribution in [1.29, 1.82) is 0 Å². The van der Waals surface area contributed by atoms with Gasteiger partial charge >= 0.3 is 0 Å². The van der Waals surface area contributed by atoms with E-state index in [9.17, 15) is 8.42 Å². The van der Waals surface area contributed by atoms with E-state index >= 15 is 0 Å². The second-order valence-electron chi connectivity index (χ2n) is 5.60. The first-order chi connectivity index (χ1) is 8.91. The Kier molecular flexibility index (Phi) is 6.73. The minimum absolute atomic E-state index is 0.0197. The van der Waals surface area contributed by atoms with E-state index in [1.807, 2.05) is 13.8 Å². The molecule has 0 aromatic rings. The maximum absolute atomic E-state index is 12.6. The van der Waals surface area contributed by atoms with Gasteiger partial charge in [0.25, 0.3) is 10.2 Å². The zero-order chi connectivity index (χ0) is 14.5. The second kappa shape index (κ2) is 7.57. The summed E-state index contributed by atoms with van der Waals surface area (Å²) in [6.45, 7) is 4.16. The number of aliphatic hydroxyl groups is 1. The van der Waals surface area contributed by atoms with Crippen molar-refractivity contribution in [3.8, 4) is 0 Å². The van der Waals surface area contributed by atoms with Crippen molar-refractivity contribution in [3.63, 3.8) is 0 Å². The molecule has 114 valence electrons. The lowest BCUT2D eigenvalue weighted by Gasteiger charge is -2.36. The Balaban J connectivity index is 2.79. The van der Waals surface area contributed by atoms with E-state index in [0.29, 0.717) is 13.0 Å². The molecule has 0 unspecified atom stereocenters. The van der Waals surface area contributed by atoms with Crippen molar-refractivity contribution in [2.75, 3.05) is 20.2 Å². The summed E-state index contributed by atoms with van der Waals surface area (Å²) in [6.07, 6.45) is 5.84. The zero-order valence-electron chi connectivity index (χ0n) is 12.4.